The average molecular weight is 535 g/mol. The minimum Gasteiger partial charge on any atom is -0.502 e. The van der Waals surface area contributed by atoms with Gasteiger partial charge < -0.3 is 28.3 Å². The van der Waals surface area contributed by atoms with Crippen LogP contribution in [-0.2, 0) is 22.6 Å². The predicted molar refractivity (Wildman–Crippen MR) is 139 cm³/mol. The molecule has 2 bridgehead atoms. The summed E-state index contributed by atoms with van der Waals surface area (Å²) in [7, 11) is 1.29. The number of ether oxygens (including phenoxy) is 3. The van der Waals surface area contributed by atoms with E-state index in [2.05, 4.69) is 4.90 Å². The molecule has 10 heteroatoms. The number of fused-ring (bicyclic) bond motifs is 5. The number of carbonyl (C=O) groups excluding carboxylic acids is 1. The molecule has 3 aliphatic heterocycles. The first-order chi connectivity index (χ1) is 18.9. The summed E-state index contributed by atoms with van der Waals surface area (Å²) in [6.45, 7) is 3.33. The van der Waals surface area contributed by atoms with Crippen LogP contribution in [0.3, 0.4) is 0 Å². The van der Waals surface area contributed by atoms with Crippen molar-refractivity contribution in [3.05, 3.63) is 85.8 Å². The SMILES string of the molecule is COC(=O)C[C@@H](c1ccc2c(c1)OCCO2)c1oc(CN2C[C@@H]3C[C@H](C2)c2cccc(=O)n2C3)cc(=O)c1O. The summed E-state index contributed by atoms with van der Waals surface area (Å²) in [5.74, 6) is 0.196. The van der Waals surface area contributed by atoms with Gasteiger partial charge in [-0.1, -0.05) is 12.1 Å². The summed E-state index contributed by atoms with van der Waals surface area (Å²) in [4.78, 5) is 39.9. The molecule has 0 unspecified atom stereocenters. The lowest BCUT2D eigenvalue weighted by atomic mass is 9.83. The first-order valence-corrected chi connectivity index (χ1v) is 13.1. The molecular weight excluding hydrogens is 504 g/mol. The van der Waals surface area contributed by atoms with E-state index in [1.54, 1.807) is 30.3 Å². The number of aromatic hydroxyl groups is 1. The van der Waals surface area contributed by atoms with Crippen molar-refractivity contribution in [3.63, 3.8) is 0 Å². The van der Waals surface area contributed by atoms with Gasteiger partial charge >= 0.3 is 5.97 Å². The zero-order chi connectivity index (χ0) is 27.1. The Morgan fingerprint density at radius 1 is 1.08 bits per heavy atom. The van der Waals surface area contributed by atoms with E-state index in [0.717, 1.165) is 18.7 Å². The van der Waals surface area contributed by atoms with E-state index in [9.17, 15) is 19.5 Å². The van der Waals surface area contributed by atoms with Gasteiger partial charge in [0, 0.05) is 43.4 Å². The Bertz CT molecular complexity index is 1530. The van der Waals surface area contributed by atoms with Gasteiger partial charge in [-0.25, -0.2) is 0 Å². The van der Waals surface area contributed by atoms with Crippen molar-refractivity contribution in [2.45, 2.75) is 37.8 Å². The Balaban J connectivity index is 1.31. The van der Waals surface area contributed by atoms with Crippen molar-refractivity contribution in [3.8, 4) is 17.2 Å². The first kappa shape index (κ1) is 25.2. The molecule has 0 amide bonds. The highest BCUT2D eigenvalue weighted by molar-refractivity contribution is 5.71. The van der Waals surface area contributed by atoms with E-state index in [0.29, 0.717) is 61.6 Å². The fourth-order valence-corrected chi connectivity index (χ4v) is 6.10. The molecule has 39 heavy (non-hydrogen) atoms. The number of pyridine rings is 1. The van der Waals surface area contributed by atoms with E-state index in [1.165, 1.54) is 13.2 Å². The zero-order valence-corrected chi connectivity index (χ0v) is 21.6. The van der Waals surface area contributed by atoms with Gasteiger partial charge in [0.15, 0.2) is 17.3 Å². The van der Waals surface area contributed by atoms with Crippen LogP contribution in [0.2, 0.25) is 0 Å². The normalized spacial score (nSPS) is 20.6. The van der Waals surface area contributed by atoms with Crippen molar-refractivity contribution in [1.29, 1.82) is 0 Å². The van der Waals surface area contributed by atoms with Gasteiger partial charge in [0.2, 0.25) is 11.2 Å². The van der Waals surface area contributed by atoms with Crippen LogP contribution >= 0.6 is 0 Å². The molecule has 0 radical (unpaired) electrons. The third-order valence-electron chi connectivity index (χ3n) is 7.82. The lowest BCUT2D eigenvalue weighted by molar-refractivity contribution is -0.140. The number of rotatable bonds is 6. The smallest absolute Gasteiger partial charge is 0.306 e. The number of hydrogen-bond donors (Lipinski definition) is 1. The van der Waals surface area contributed by atoms with Crippen molar-refractivity contribution in [1.82, 2.24) is 9.47 Å². The number of aromatic nitrogens is 1. The van der Waals surface area contributed by atoms with Crippen molar-refractivity contribution >= 4 is 5.97 Å². The molecule has 10 nitrogen and oxygen atoms in total. The maximum atomic E-state index is 12.9. The highest BCUT2D eigenvalue weighted by Gasteiger charge is 2.35. The Morgan fingerprint density at radius 2 is 1.90 bits per heavy atom. The van der Waals surface area contributed by atoms with Gasteiger partial charge in [-0.2, -0.15) is 0 Å². The second kappa shape index (κ2) is 10.3. The van der Waals surface area contributed by atoms with Crippen LogP contribution in [0.1, 0.15) is 47.5 Å². The predicted octanol–water partition coefficient (Wildman–Crippen LogP) is 2.59. The third-order valence-corrected chi connectivity index (χ3v) is 7.82. The molecule has 2 aromatic heterocycles. The van der Waals surface area contributed by atoms with E-state index < -0.39 is 23.1 Å². The second-order valence-corrected chi connectivity index (χ2v) is 10.4. The summed E-state index contributed by atoms with van der Waals surface area (Å²) < 4.78 is 24.3. The highest BCUT2D eigenvalue weighted by atomic mass is 16.6. The van der Waals surface area contributed by atoms with Crippen molar-refractivity contribution < 1.29 is 28.5 Å². The second-order valence-electron chi connectivity index (χ2n) is 10.4. The summed E-state index contributed by atoms with van der Waals surface area (Å²) in [5, 5.41) is 10.8. The average Bonchev–Trinajstić information content (AvgIpc) is 2.94. The maximum absolute atomic E-state index is 12.9. The molecule has 204 valence electrons. The number of nitrogens with zero attached hydrogens (tertiary/aromatic N) is 2. The van der Waals surface area contributed by atoms with E-state index in [4.69, 9.17) is 18.6 Å². The van der Waals surface area contributed by atoms with E-state index in [-0.39, 0.29) is 23.7 Å². The molecule has 1 aromatic carbocycles. The van der Waals surface area contributed by atoms with Gasteiger partial charge in [-0.15, -0.1) is 0 Å². The number of likely N-dealkylation sites (tertiary alicyclic amines) is 1. The Kier molecular flexibility index (Phi) is 6.64. The molecule has 1 N–H and O–H groups in total. The van der Waals surface area contributed by atoms with Crippen LogP contribution in [0.4, 0.5) is 0 Å². The minimum absolute atomic E-state index is 0.00804. The van der Waals surface area contributed by atoms with Gasteiger partial charge in [-0.05, 0) is 36.1 Å². The summed E-state index contributed by atoms with van der Waals surface area (Å²) >= 11 is 0. The summed E-state index contributed by atoms with van der Waals surface area (Å²) in [5.41, 5.74) is 1.11. The number of benzene rings is 1. The monoisotopic (exact) mass is 534 g/mol. The van der Waals surface area contributed by atoms with Crippen molar-refractivity contribution in [2.24, 2.45) is 5.92 Å². The van der Waals surface area contributed by atoms with Gasteiger partial charge in [-0.3, -0.25) is 19.3 Å². The molecule has 0 saturated carbocycles. The van der Waals surface area contributed by atoms with Crippen LogP contribution in [-0.4, -0.2) is 54.0 Å². The van der Waals surface area contributed by atoms with Crippen LogP contribution in [0.5, 0.6) is 17.2 Å². The summed E-state index contributed by atoms with van der Waals surface area (Å²) in [6, 6.07) is 12.0. The standard InChI is InChI=1S/C29H30N2O8/c1-36-27(34)12-21(18-5-6-24-25(10-18)38-8-7-37-24)29-28(35)23(32)11-20(39-29)16-30-13-17-9-19(15-30)22-3-2-4-26(33)31(22)14-17/h2-6,10-11,17,19,21,35H,7-9,12-16H2,1H3/t17-,19+,21-/m0/s1. The first-order valence-electron chi connectivity index (χ1n) is 13.1. The highest BCUT2D eigenvalue weighted by Crippen LogP contribution is 2.40. The Labute approximate surface area is 224 Å². The Morgan fingerprint density at radius 3 is 2.72 bits per heavy atom. The molecule has 3 atom stereocenters. The molecule has 3 aliphatic rings. The number of methoxy groups -OCH3 is 1. The van der Waals surface area contributed by atoms with E-state index in [1.807, 2.05) is 10.6 Å². The number of piperidine rings is 1. The fraction of sp³-hybridized carbons (Fsp3) is 0.414. The number of carbonyl (C=O) groups is 1. The molecule has 1 saturated heterocycles. The topological polar surface area (TPSA) is 120 Å². The van der Waals surface area contributed by atoms with Crippen molar-refractivity contribution in [2.75, 3.05) is 33.4 Å². The van der Waals surface area contributed by atoms with Crippen LogP contribution in [0, 0.1) is 5.92 Å². The molecule has 5 heterocycles. The largest absolute Gasteiger partial charge is 0.502 e. The minimum atomic E-state index is -0.777. The third kappa shape index (κ3) is 4.92. The molecule has 3 aromatic rings. The number of hydrogen-bond acceptors (Lipinski definition) is 9. The molecule has 0 spiro atoms. The fourth-order valence-electron chi connectivity index (χ4n) is 6.10. The quantitative estimate of drug-likeness (QED) is 0.476. The van der Waals surface area contributed by atoms with E-state index >= 15 is 0 Å². The summed E-state index contributed by atoms with van der Waals surface area (Å²) in [6.07, 6.45) is 0.867. The maximum Gasteiger partial charge on any atom is 0.306 e. The molecule has 1 fully saturated rings. The zero-order valence-electron chi connectivity index (χ0n) is 21.6. The lowest BCUT2D eigenvalue weighted by Crippen LogP contribution is -2.46. The molecule has 6 rings (SSSR count). The van der Waals surface area contributed by atoms with Crippen LogP contribution < -0.4 is 20.5 Å². The van der Waals surface area contributed by atoms with Gasteiger partial charge in [0.25, 0.3) is 5.56 Å². The Hall–Kier alpha value is -4.05. The van der Waals surface area contributed by atoms with Gasteiger partial charge in [0.05, 0.1) is 26.0 Å². The van der Waals surface area contributed by atoms with Crippen LogP contribution in [0.15, 0.2) is 56.5 Å². The molecule has 0 aliphatic carbocycles. The molecular formula is C29H30N2O8. The lowest BCUT2D eigenvalue weighted by Gasteiger charge is -2.42. The van der Waals surface area contributed by atoms with Crippen LogP contribution in [0.25, 0.3) is 0 Å². The number of esters is 1. The van der Waals surface area contributed by atoms with Gasteiger partial charge in [0.1, 0.15) is 19.0 Å².